The maximum atomic E-state index is 11.5. The van der Waals surface area contributed by atoms with Gasteiger partial charge in [-0.15, -0.1) is 0 Å². The number of nitrogens with zero attached hydrogens (tertiary/aromatic N) is 1. The number of nitrogens with two attached hydrogens (primary N) is 1. The number of piperidine rings is 1. The topological polar surface area (TPSA) is 55.6 Å². The van der Waals surface area contributed by atoms with Crippen molar-refractivity contribution in [2.24, 2.45) is 5.73 Å². The summed E-state index contributed by atoms with van der Waals surface area (Å²) in [4.78, 5) is 14.0. The van der Waals surface area contributed by atoms with E-state index >= 15 is 0 Å². The van der Waals surface area contributed by atoms with E-state index in [4.69, 9.17) is 10.5 Å². The average molecular weight is 364 g/mol. The normalized spacial score (nSPS) is 25.2. The third kappa shape index (κ3) is 4.07. The minimum absolute atomic E-state index is 0.000854. The zero-order valence-corrected chi connectivity index (χ0v) is 15.9. The Labute approximate surface area is 161 Å². The summed E-state index contributed by atoms with van der Waals surface area (Å²) in [5.41, 5.74) is 9.89. The fourth-order valence-corrected chi connectivity index (χ4v) is 4.50. The SMILES string of the molecule is CC(=O)Cc1cccc(O[C@H]2c3ccccc3C[C@@H]2N2CCC[C@@H](N)C2)c1. The number of likely N-dealkylation sites (tertiary alicyclic amines) is 1. The van der Waals surface area contributed by atoms with E-state index in [0.29, 0.717) is 12.5 Å². The molecular weight excluding hydrogens is 336 g/mol. The summed E-state index contributed by atoms with van der Waals surface area (Å²) in [7, 11) is 0. The average Bonchev–Trinajstić information content (AvgIpc) is 3.00. The smallest absolute Gasteiger partial charge is 0.140 e. The number of benzene rings is 2. The summed E-state index contributed by atoms with van der Waals surface area (Å²) < 4.78 is 6.53. The van der Waals surface area contributed by atoms with E-state index in [1.165, 1.54) is 11.1 Å². The molecule has 2 aromatic rings. The highest BCUT2D eigenvalue weighted by molar-refractivity contribution is 5.78. The second kappa shape index (κ2) is 7.83. The molecule has 0 saturated carbocycles. The van der Waals surface area contributed by atoms with Gasteiger partial charge in [0.2, 0.25) is 0 Å². The number of Topliss-reactive ketones (excluding diaryl/α,β-unsaturated/α-hetero) is 1. The van der Waals surface area contributed by atoms with E-state index in [0.717, 1.165) is 43.7 Å². The van der Waals surface area contributed by atoms with E-state index in [1.54, 1.807) is 6.92 Å². The summed E-state index contributed by atoms with van der Waals surface area (Å²) >= 11 is 0. The predicted molar refractivity (Wildman–Crippen MR) is 107 cm³/mol. The van der Waals surface area contributed by atoms with Crippen LogP contribution in [-0.2, 0) is 17.6 Å². The Bertz CT molecular complexity index is 820. The first-order valence-electron chi connectivity index (χ1n) is 9.92. The van der Waals surface area contributed by atoms with Gasteiger partial charge in [0.05, 0.1) is 6.04 Å². The third-order valence-electron chi connectivity index (χ3n) is 5.71. The van der Waals surface area contributed by atoms with Gasteiger partial charge in [-0.05, 0) is 61.6 Å². The van der Waals surface area contributed by atoms with Gasteiger partial charge in [0.15, 0.2) is 0 Å². The Hall–Kier alpha value is -2.17. The highest BCUT2D eigenvalue weighted by atomic mass is 16.5. The first kappa shape index (κ1) is 18.2. The minimum atomic E-state index is -0.000854. The maximum Gasteiger partial charge on any atom is 0.140 e. The summed E-state index contributed by atoms with van der Waals surface area (Å²) in [6, 6.07) is 17.1. The molecule has 1 aliphatic carbocycles. The molecule has 2 aliphatic rings. The van der Waals surface area contributed by atoms with Crippen LogP contribution < -0.4 is 10.5 Å². The summed E-state index contributed by atoms with van der Waals surface area (Å²) in [5.74, 6) is 1.00. The highest BCUT2D eigenvalue weighted by Gasteiger charge is 2.39. The van der Waals surface area contributed by atoms with Gasteiger partial charge in [0.25, 0.3) is 0 Å². The van der Waals surface area contributed by atoms with Crippen LogP contribution >= 0.6 is 0 Å². The first-order valence-corrected chi connectivity index (χ1v) is 9.92. The van der Waals surface area contributed by atoms with E-state index < -0.39 is 0 Å². The molecule has 0 radical (unpaired) electrons. The van der Waals surface area contributed by atoms with Crippen LogP contribution in [0.15, 0.2) is 48.5 Å². The molecule has 4 nitrogen and oxygen atoms in total. The van der Waals surface area contributed by atoms with Crippen molar-refractivity contribution < 1.29 is 9.53 Å². The molecule has 2 N–H and O–H groups in total. The largest absolute Gasteiger partial charge is 0.484 e. The second-order valence-electron chi connectivity index (χ2n) is 7.93. The summed E-state index contributed by atoms with van der Waals surface area (Å²) in [6.45, 7) is 3.63. The molecule has 4 heteroatoms. The van der Waals surface area contributed by atoms with E-state index in [2.05, 4.69) is 29.2 Å². The Morgan fingerprint density at radius 1 is 1.22 bits per heavy atom. The molecular formula is C23H28N2O2. The van der Waals surface area contributed by atoms with Gasteiger partial charge in [0, 0.05) is 19.0 Å². The molecule has 142 valence electrons. The molecule has 0 bridgehead atoms. The molecule has 3 atom stereocenters. The lowest BCUT2D eigenvalue weighted by molar-refractivity contribution is -0.116. The highest BCUT2D eigenvalue weighted by Crippen LogP contribution is 2.38. The van der Waals surface area contributed by atoms with Crippen molar-refractivity contribution in [1.29, 1.82) is 0 Å². The van der Waals surface area contributed by atoms with Crippen LogP contribution in [0.1, 0.15) is 42.6 Å². The van der Waals surface area contributed by atoms with Crippen LogP contribution in [0.2, 0.25) is 0 Å². The molecule has 0 amide bonds. The van der Waals surface area contributed by atoms with Crippen LogP contribution in [0.3, 0.4) is 0 Å². The van der Waals surface area contributed by atoms with Gasteiger partial charge in [-0.2, -0.15) is 0 Å². The van der Waals surface area contributed by atoms with Crippen LogP contribution in [0.5, 0.6) is 5.75 Å². The van der Waals surface area contributed by atoms with Crippen LogP contribution in [0.25, 0.3) is 0 Å². The number of ketones is 1. The lowest BCUT2D eigenvalue weighted by Crippen LogP contribution is -2.49. The first-order chi connectivity index (χ1) is 13.1. The Morgan fingerprint density at radius 3 is 2.89 bits per heavy atom. The van der Waals surface area contributed by atoms with E-state index in [-0.39, 0.29) is 17.9 Å². The van der Waals surface area contributed by atoms with Gasteiger partial charge >= 0.3 is 0 Å². The second-order valence-corrected chi connectivity index (χ2v) is 7.93. The molecule has 0 aromatic heterocycles. The molecule has 0 spiro atoms. The number of hydrogen-bond donors (Lipinski definition) is 1. The van der Waals surface area contributed by atoms with Crippen molar-refractivity contribution in [3.63, 3.8) is 0 Å². The third-order valence-corrected chi connectivity index (χ3v) is 5.71. The Morgan fingerprint density at radius 2 is 2.07 bits per heavy atom. The van der Waals surface area contributed by atoms with Crippen LogP contribution in [0, 0.1) is 0 Å². The molecule has 4 rings (SSSR count). The van der Waals surface area contributed by atoms with Crippen LogP contribution in [-0.4, -0.2) is 35.9 Å². The Kier molecular flexibility index (Phi) is 5.28. The zero-order valence-electron chi connectivity index (χ0n) is 15.9. The predicted octanol–water partition coefficient (Wildman–Crippen LogP) is 3.29. The number of rotatable bonds is 5. The number of carbonyl (C=O) groups excluding carboxylic acids is 1. The quantitative estimate of drug-likeness (QED) is 0.885. The van der Waals surface area contributed by atoms with Crippen LogP contribution in [0.4, 0.5) is 0 Å². The lowest BCUT2D eigenvalue weighted by atomic mass is 10.0. The number of ether oxygens (including phenoxy) is 1. The molecule has 0 unspecified atom stereocenters. The summed E-state index contributed by atoms with van der Waals surface area (Å²) in [6.07, 6.45) is 3.70. The fraction of sp³-hybridized carbons (Fsp3) is 0.435. The molecule has 1 heterocycles. The van der Waals surface area contributed by atoms with Gasteiger partial charge in [0.1, 0.15) is 17.6 Å². The number of hydrogen-bond acceptors (Lipinski definition) is 4. The maximum absolute atomic E-state index is 11.5. The van der Waals surface area contributed by atoms with Gasteiger partial charge in [-0.3, -0.25) is 9.69 Å². The molecule has 27 heavy (non-hydrogen) atoms. The monoisotopic (exact) mass is 364 g/mol. The van der Waals surface area contributed by atoms with Crippen molar-refractivity contribution >= 4 is 5.78 Å². The molecule has 1 aliphatic heterocycles. The molecule has 1 fully saturated rings. The molecule has 2 aromatic carbocycles. The summed E-state index contributed by atoms with van der Waals surface area (Å²) in [5, 5.41) is 0. The van der Waals surface area contributed by atoms with Gasteiger partial charge in [-0.1, -0.05) is 36.4 Å². The van der Waals surface area contributed by atoms with Crippen molar-refractivity contribution in [3.8, 4) is 5.75 Å². The molecule has 1 saturated heterocycles. The lowest BCUT2D eigenvalue weighted by Gasteiger charge is -2.38. The number of carbonyl (C=O) groups is 1. The van der Waals surface area contributed by atoms with Gasteiger partial charge < -0.3 is 10.5 Å². The van der Waals surface area contributed by atoms with Crippen molar-refractivity contribution in [2.45, 2.75) is 50.8 Å². The van der Waals surface area contributed by atoms with E-state index in [9.17, 15) is 4.79 Å². The standard InChI is InChI=1S/C23H28N2O2/c1-16(26)12-17-6-4-9-20(13-17)27-23-21-10-3-2-7-18(21)14-22(23)25-11-5-8-19(24)15-25/h2-4,6-7,9-10,13,19,22-23H,5,8,11-12,14-15,24H2,1H3/t19-,22+,23+/m1/s1. The number of fused-ring (bicyclic) bond motifs is 1. The minimum Gasteiger partial charge on any atom is -0.484 e. The Balaban J connectivity index is 1.60. The zero-order chi connectivity index (χ0) is 18.8. The van der Waals surface area contributed by atoms with E-state index in [1.807, 2.05) is 24.3 Å². The fourth-order valence-electron chi connectivity index (χ4n) is 4.50. The van der Waals surface area contributed by atoms with Gasteiger partial charge in [-0.25, -0.2) is 0 Å². The van der Waals surface area contributed by atoms with Crippen molar-refractivity contribution in [1.82, 2.24) is 4.90 Å². The van der Waals surface area contributed by atoms with Crippen molar-refractivity contribution in [2.75, 3.05) is 13.1 Å². The van der Waals surface area contributed by atoms with Crippen molar-refractivity contribution in [3.05, 3.63) is 65.2 Å².